The van der Waals surface area contributed by atoms with Crippen LogP contribution in [0.4, 0.5) is 0 Å². The SMILES string of the molecule is NC(=O)c1cccc(C2(O)C3CCC2CN(Cc2cccnc2)C3)c1. The molecule has 2 unspecified atom stereocenters. The highest BCUT2D eigenvalue weighted by Crippen LogP contribution is 2.51. The van der Waals surface area contributed by atoms with Crippen LogP contribution in [-0.2, 0) is 12.1 Å². The fourth-order valence-corrected chi connectivity index (χ4v) is 4.61. The first-order valence-corrected chi connectivity index (χ1v) is 8.81. The van der Waals surface area contributed by atoms with Gasteiger partial charge in [-0.3, -0.25) is 14.7 Å². The second kappa shape index (κ2) is 6.24. The summed E-state index contributed by atoms with van der Waals surface area (Å²) in [5.74, 6) is -0.107. The maximum absolute atomic E-state index is 11.5. The summed E-state index contributed by atoms with van der Waals surface area (Å²) in [6.45, 7) is 2.56. The molecular formula is C20H23N3O2. The molecular weight excluding hydrogens is 314 g/mol. The second-order valence-electron chi connectivity index (χ2n) is 7.30. The van der Waals surface area contributed by atoms with E-state index >= 15 is 0 Å². The van der Waals surface area contributed by atoms with Crippen LogP contribution in [0.5, 0.6) is 0 Å². The number of rotatable bonds is 4. The van der Waals surface area contributed by atoms with E-state index in [0.29, 0.717) is 5.56 Å². The Kier molecular flexibility index (Phi) is 4.06. The zero-order chi connectivity index (χ0) is 17.4. The zero-order valence-corrected chi connectivity index (χ0v) is 14.1. The Morgan fingerprint density at radius 3 is 2.64 bits per heavy atom. The molecule has 3 N–H and O–H groups in total. The van der Waals surface area contributed by atoms with Gasteiger partial charge in [0.05, 0.1) is 5.60 Å². The molecule has 5 heteroatoms. The molecule has 1 aliphatic heterocycles. The Bertz CT molecular complexity index is 764. The summed E-state index contributed by atoms with van der Waals surface area (Å²) in [7, 11) is 0. The van der Waals surface area contributed by atoms with Crippen molar-refractivity contribution >= 4 is 5.91 Å². The third kappa shape index (κ3) is 2.83. The number of carbonyl (C=O) groups excluding carboxylic acids is 1. The minimum atomic E-state index is -0.864. The number of likely N-dealkylation sites (tertiary alicyclic amines) is 1. The topological polar surface area (TPSA) is 79.5 Å². The quantitative estimate of drug-likeness (QED) is 0.893. The molecule has 1 saturated heterocycles. The van der Waals surface area contributed by atoms with Gasteiger partial charge in [0, 0.05) is 49.4 Å². The molecule has 25 heavy (non-hydrogen) atoms. The van der Waals surface area contributed by atoms with E-state index < -0.39 is 11.5 Å². The van der Waals surface area contributed by atoms with Crippen LogP contribution in [0.1, 0.15) is 34.3 Å². The molecule has 0 radical (unpaired) electrons. The fourth-order valence-electron chi connectivity index (χ4n) is 4.61. The number of hydrogen-bond donors (Lipinski definition) is 2. The molecule has 2 atom stereocenters. The number of primary amides is 1. The van der Waals surface area contributed by atoms with Crippen LogP contribution in [0.15, 0.2) is 48.8 Å². The van der Waals surface area contributed by atoms with Gasteiger partial charge in [-0.05, 0) is 42.2 Å². The Hall–Kier alpha value is -2.24. The number of fused-ring (bicyclic) bond motifs is 2. The van der Waals surface area contributed by atoms with E-state index in [1.165, 1.54) is 5.56 Å². The van der Waals surface area contributed by atoms with Gasteiger partial charge in [-0.2, -0.15) is 0 Å². The molecule has 2 aliphatic rings. The Morgan fingerprint density at radius 1 is 1.24 bits per heavy atom. The third-order valence-corrected chi connectivity index (χ3v) is 5.80. The summed E-state index contributed by atoms with van der Waals surface area (Å²) in [4.78, 5) is 18.1. The number of amides is 1. The number of carbonyl (C=O) groups is 1. The molecule has 2 fully saturated rings. The maximum atomic E-state index is 11.5. The predicted octanol–water partition coefficient (Wildman–Crippen LogP) is 1.91. The lowest BCUT2D eigenvalue weighted by atomic mass is 9.75. The molecule has 4 rings (SSSR count). The molecule has 2 heterocycles. The minimum Gasteiger partial charge on any atom is -0.384 e. The molecule has 1 aliphatic carbocycles. The van der Waals surface area contributed by atoms with Gasteiger partial charge in [-0.25, -0.2) is 0 Å². The maximum Gasteiger partial charge on any atom is 0.248 e. The van der Waals surface area contributed by atoms with Crippen LogP contribution in [0.2, 0.25) is 0 Å². The van der Waals surface area contributed by atoms with Gasteiger partial charge in [0.2, 0.25) is 5.91 Å². The van der Waals surface area contributed by atoms with E-state index in [0.717, 1.165) is 38.0 Å². The number of aromatic nitrogens is 1. The fraction of sp³-hybridized carbons (Fsp3) is 0.400. The van der Waals surface area contributed by atoms with Crippen molar-refractivity contribution in [2.45, 2.75) is 25.0 Å². The highest BCUT2D eigenvalue weighted by molar-refractivity contribution is 5.92. The molecule has 0 spiro atoms. The van der Waals surface area contributed by atoms with E-state index in [1.807, 2.05) is 24.4 Å². The zero-order valence-electron chi connectivity index (χ0n) is 14.1. The Morgan fingerprint density at radius 2 is 2.00 bits per heavy atom. The first-order valence-electron chi connectivity index (χ1n) is 8.81. The lowest BCUT2D eigenvalue weighted by Gasteiger charge is -2.45. The molecule has 130 valence electrons. The number of nitrogens with zero attached hydrogens (tertiary/aromatic N) is 2. The normalized spacial score (nSPS) is 28.8. The predicted molar refractivity (Wildman–Crippen MR) is 94.6 cm³/mol. The number of nitrogens with two attached hydrogens (primary N) is 1. The number of hydrogen-bond acceptors (Lipinski definition) is 4. The summed E-state index contributed by atoms with van der Waals surface area (Å²) < 4.78 is 0. The van der Waals surface area contributed by atoms with Gasteiger partial charge >= 0.3 is 0 Å². The van der Waals surface area contributed by atoms with Crippen molar-refractivity contribution in [1.82, 2.24) is 9.88 Å². The van der Waals surface area contributed by atoms with Crippen molar-refractivity contribution < 1.29 is 9.90 Å². The number of piperidine rings is 1. The van der Waals surface area contributed by atoms with Crippen LogP contribution in [-0.4, -0.2) is 34.0 Å². The molecule has 5 nitrogen and oxygen atoms in total. The number of aliphatic hydroxyl groups is 1. The van der Waals surface area contributed by atoms with Crippen molar-refractivity contribution in [2.24, 2.45) is 17.6 Å². The van der Waals surface area contributed by atoms with Crippen molar-refractivity contribution in [1.29, 1.82) is 0 Å². The second-order valence-corrected chi connectivity index (χ2v) is 7.30. The first kappa shape index (κ1) is 16.2. The smallest absolute Gasteiger partial charge is 0.248 e. The molecule has 2 aromatic rings. The van der Waals surface area contributed by atoms with E-state index in [-0.39, 0.29) is 11.8 Å². The minimum absolute atomic E-state index is 0.172. The number of pyridine rings is 1. The summed E-state index contributed by atoms with van der Waals surface area (Å²) in [5.41, 5.74) is 7.04. The summed E-state index contributed by atoms with van der Waals surface area (Å²) in [6.07, 6.45) is 5.70. The average Bonchev–Trinajstić information content (AvgIpc) is 2.81. The van der Waals surface area contributed by atoms with Crippen LogP contribution in [0, 0.1) is 11.8 Å². The van der Waals surface area contributed by atoms with Gasteiger partial charge in [0.15, 0.2) is 0 Å². The van der Waals surface area contributed by atoms with Gasteiger partial charge in [0.25, 0.3) is 0 Å². The summed E-state index contributed by atoms with van der Waals surface area (Å²) in [6, 6.07) is 11.3. The van der Waals surface area contributed by atoms with Crippen LogP contribution < -0.4 is 5.73 Å². The van der Waals surface area contributed by atoms with Crippen molar-refractivity contribution in [3.05, 3.63) is 65.5 Å². The Labute approximate surface area is 147 Å². The molecule has 1 amide bonds. The van der Waals surface area contributed by atoms with Crippen molar-refractivity contribution in [3.63, 3.8) is 0 Å². The van der Waals surface area contributed by atoms with E-state index in [1.54, 1.807) is 18.3 Å². The molecule has 1 aromatic carbocycles. The number of benzene rings is 1. The Balaban J connectivity index is 1.57. The summed E-state index contributed by atoms with van der Waals surface area (Å²) >= 11 is 0. The largest absolute Gasteiger partial charge is 0.384 e. The monoisotopic (exact) mass is 337 g/mol. The van der Waals surface area contributed by atoms with Crippen LogP contribution in [0.25, 0.3) is 0 Å². The highest BCUT2D eigenvalue weighted by atomic mass is 16.3. The lowest BCUT2D eigenvalue weighted by Crippen LogP contribution is -2.51. The summed E-state index contributed by atoms with van der Waals surface area (Å²) in [5, 5.41) is 11.5. The van der Waals surface area contributed by atoms with Gasteiger partial charge < -0.3 is 10.8 Å². The van der Waals surface area contributed by atoms with Crippen molar-refractivity contribution in [3.8, 4) is 0 Å². The first-order chi connectivity index (χ1) is 12.1. The van der Waals surface area contributed by atoms with Crippen molar-refractivity contribution in [2.75, 3.05) is 13.1 Å². The molecule has 1 saturated carbocycles. The average molecular weight is 337 g/mol. The standard InChI is InChI=1S/C20H23N3O2/c21-19(24)15-4-1-5-16(9-15)20(25)17-6-7-18(20)13-23(12-17)11-14-3-2-8-22-10-14/h1-5,8-10,17-18,25H,6-7,11-13H2,(H2,21,24). The van der Waals surface area contributed by atoms with E-state index in [2.05, 4.69) is 16.0 Å². The third-order valence-electron chi connectivity index (χ3n) is 5.80. The highest BCUT2D eigenvalue weighted by Gasteiger charge is 2.53. The van der Waals surface area contributed by atoms with E-state index in [9.17, 15) is 9.90 Å². The lowest BCUT2D eigenvalue weighted by molar-refractivity contribution is -0.0914. The molecule has 2 bridgehead atoms. The van der Waals surface area contributed by atoms with Crippen LogP contribution in [0.3, 0.4) is 0 Å². The van der Waals surface area contributed by atoms with Gasteiger partial charge in [-0.15, -0.1) is 0 Å². The van der Waals surface area contributed by atoms with Gasteiger partial charge in [-0.1, -0.05) is 18.2 Å². The van der Waals surface area contributed by atoms with Gasteiger partial charge in [0.1, 0.15) is 0 Å². The van der Waals surface area contributed by atoms with E-state index in [4.69, 9.17) is 5.73 Å². The van der Waals surface area contributed by atoms with Crippen LogP contribution >= 0.6 is 0 Å². The molecule has 1 aromatic heterocycles.